The van der Waals surface area contributed by atoms with E-state index in [0.29, 0.717) is 5.95 Å². The predicted octanol–water partition coefficient (Wildman–Crippen LogP) is 3.15. The number of nitrogens with one attached hydrogen (secondary N) is 1. The summed E-state index contributed by atoms with van der Waals surface area (Å²) in [5.41, 5.74) is 10.6. The van der Waals surface area contributed by atoms with Gasteiger partial charge in [-0.05, 0) is 43.3 Å². The van der Waals surface area contributed by atoms with Crippen molar-refractivity contribution in [3.63, 3.8) is 0 Å². The summed E-state index contributed by atoms with van der Waals surface area (Å²) < 4.78 is 5.05. The molecule has 1 aliphatic heterocycles. The summed E-state index contributed by atoms with van der Waals surface area (Å²) in [6, 6.07) is 8.58. The maximum absolute atomic E-state index is 6.12. The number of aromatic nitrogens is 4. The molecule has 0 amide bonds. The zero-order valence-electron chi connectivity index (χ0n) is 16.4. The lowest BCUT2D eigenvalue weighted by molar-refractivity contribution is 0.751. The summed E-state index contributed by atoms with van der Waals surface area (Å²) in [5, 5.41) is 4.20. The van der Waals surface area contributed by atoms with E-state index < -0.39 is 0 Å². The Morgan fingerprint density at radius 1 is 1.21 bits per heavy atom. The van der Waals surface area contributed by atoms with Gasteiger partial charge in [0.2, 0.25) is 5.95 Å². The number of aryl methyl sites for hydroxylation is 3. The molecule has 0 radical (unpaired) electrons. The SMILES string of the molecule is Cc1cccc(C)c1-c1cc(N2CCC(N)C2)nc(NSc2cnn(C)c2)n1. The Labute approximate surface area is 169 Å². The molecule has 1 atom stereocenters. The number of benzene rings is 1. The molecule has 1 unspecified atom stereocenters. The largest absolute Gasteiger partial charge is 0.355 e. The molecule has 0 saturated carbocycles. The quantitative estimate of drug-likeness (QED) is 0.642. The first-order valence-corrected chi connectivity index (χ1v) is 10.2. The Bertz CT molecular complexity index is 964. The van der Waals surface area contributed by atoms with Crippen LogP contribution in [-0.4, -0.2) is 38.9 Å². The number of hydrogen-bond donors (Lipinski definition) is 2. The molecule has 8 heteroatoms. The molecule has 3 N–H and O–H groups in total. The van der Waals surface area contributed by atoms with Gasteiger partial charge in [-0.25, -0.2) is 4.98 Å². The minimum absolute atomic E-state index is 0.194. The van der Waals surface area contributed by atoms with Gasteiger partial charge in [-0.1, -0.05) is 18.2 Å². The Kier molecular flexibility index (Phi) is 5.23. The van der Waals surface area contributed by atoms with Crippen LogP contribution in [0.3, 0.4) is 0 Å². The van der Waals surface area contributed by atoms with Crippen LogP contribution < -0.4 is 15.4 Å². The second kappa shape index (κ2) is 7.81. The fourth-order valence-corrected chi connectivity index (χ4v) is 4.15. The molecule has 1 saturated heterocycles. The van der Waals surface area contributed by atoms with Gasteiger partial charge in [-0.3, -0.25) is 9.40 Å². The molecule has 1 aromatic carbocycles. The van der Waals surface area contributed by atoms with E-state index in [2.05, 4.69) is 52.8 Å². The van der Waals surface area contributed by atoms with Crippen LogP contribution in [-0.2, 0) is 7.05 Å². The first-order chi connectivity index (χ1) is 13.5. The molecule has 0 bridgehead atoms. The second-order valence-electron chi connectivity index (χ2n) is 7.25. The highest BCUT2D eigenvalue weighted by molar-refractivity contribution is 8.00. The normalized spacial score (nSPS) is 16.6. The molecule has 3 aromatic rings. The van der Waals surface area contributed by atoms with E-state index in [1.165, 1.54) is 23.1 Å². The predicted molar refractivity (Wildman–Crippen MR) is 114 cm³/mol. The molecule has 2 aromatic heterocycles. The lowest BCUT2D eigenvalue weighted by atomic mass is 10.00. The van der Waals surface area contributed by atoms with E-state index >= 15 is 0 Å². The molecule has 1 fully saturated rings. The van der Waals surface area contributed by atoms with Gasteiger partial charge in [0, 0.05) is 44.0 Å². The number of nitrogens with two attached hydrogens (primary N) is 1. The lowest BCUT2D eigenvalue weighted by Crippen LogP contribution is -2.27. The summed E-state index contributed by atoms with van der Waals surface area (Å²) >= 11 is 1.46. The van der Waals surface area contributed by atoms with E-state index in [4.69, 9.17) is 15.7 Å². The third-order valence-electron chi connectivity index (χ3n) is 4.94. The van der Waals surface area contributed by atoms with Gasteiger partial charge < -0.3 is 10.6 Å². The molecule has 146 valence electrons. The average Bonchev–Trinajstić information content (AvgIpc) is 3.28. The Balaban J connectivity index is 1.70. The Morgan fingerprint density at radius 2 is 2.00 bits per heavy atom. The van der Waals surface area contributed by atoms with Crippen LogP contribution in [0, 0.1) is 13.8 Å². The van der Waals surface area contributed by atoms with Gasteiger partial charge >= 0.3 is 0 Å². The molecule has 0 aliphatic carbocycles. The van der Waals surface area contributed by atoms with E-state index in [9.17, 15) is 0 Å². The van der Waals surface area contributed by atoms with Crippen molar-refractivity contribution in [2.75, 3.05) is 22.7 Å². The van der Waals surface area contributed by atoms with Gasteiger partial charge in [-0.2, -0.15) is 10.1 Å². The third-order valence-corrected chi connectivity index (χ3v) is 5.67. The molecule has 0 spiro atoms. The van der Waals surface area contributed by atoms with Crippen molar-refractivity contribution in [2.45, 2.75) is 31.2 Å². The van der Waals surface area contributed by atoms with E-state index in [-0.39, 0.29) is 6.04 Å². The topological polar surface area (TPSA) is 84.9 Å². The standard InChI is InChI=1S/C20H25N7S/c1-13-5-4-6-14(2)19(13)17-9-18(27-8-7-15(21)11-27)24-20(23-17)25-28-16-10-22-26(3)12-16/h4-6,9-10,12,15H,7-8,11,21H2,1-3H3,(H,23,24,25). The Morgan fingerprint density at radius 3 is 2.64 bits per heavy atom. The van der Waals surface area contributed by atoms with Crippen LogP contribution in [0.2, 0.25) is 0 Å². The van der Waals surface area contributed by atoms with Crippen LogP contribution in [0.5, 0.6) is 0 Å². The van der Waals surface area contributed by atoms with E-state index in [1.54, 1.807) is 4.68 Å². The zero-order valence-corrected chi connectivity index (χ0v) is 17.2. The molecular weight excluding hydrogens is 370 g/mol. The Hall–Kier alpha value is -2.58. The molecule has 28 heavy (non-hydrogen) atoms. The van der Waals surface area contributed by atoms with Gasteiger partial charge in [-0.15, -0.1) is 0 Å². The minimum atomic E-state index is 0.194. The number of rotatable bonds is 5. The van der Waals surface area contributed by atoms with Gasteiger partial charge in [0.25, 0.3) is 0 Å². The van der Waals surface area contributed by atoms with Crippen LogP contribution in [0.1, 0.15) is 17.5 Å². The van der Waals surface area contributed by atoms with E-state index in [0.717, 1.165) is 41.5 Å². The van der Waals surface area contributed by atoms with Gasteiger partial charge in [0.1, 0.15) is 5.82 Å². The highest BCUT2D eigenvalue weighted by atomic mass is 32.2. The first kappa shape index (κ1) is 18.8. The third kappa shape index (κ3) is 3.98. The van der Waals surface area contributed by atoms with Crippen molar-refractivity contribution >= 4 is 23.7 Å². The van der Waals surface area contributed by atoms with Crippen molar-refractivity contribution in [2.24, 2.45) is 12.8 Å². The first-order valence-electron chi connectivity index (χ1n) is 9.37. The van der Waals surface area contributed by atoms with Gasteiger partial charge in [0.15, 0.2) is 0 Å². The fraction of sp³-hybridized carbons (Fsp3) is 0.350. The van der Waals surface area contributed by atoms with E-state index in [1.807, 2.05) is 19.4 Å². The fourth-order valence-electron chi connectivity index (χ4n) is 3.54. The van der Waals surface area contributed by atoms with Crippen LogP contribution in [0.15, 0.2) is 41.6 Å². The van der Waals surface area contributed by atoms with Crippen molar-refractivity contribution in [3.8, 4) is 11.3 Å². The molecule has 1 aliphatic rings. The summed E-state index contributed by atoms with van der Waals surface area (Å²) in [7, 11) is 1.90. The van der Waals surface area contributed by atoms with Crippen molar-refractivity contribution in [3.05, 3.63) is 47.8 Å². The van der Waals surface area contributed by atoms with Crippen molar-refractivity contribution < 1.29 is 0 Å². The zero-order chi connectivity index (χ0) is 19.7. The highest BCUT2D eigenvalue weighted by Crippen LogP contribution is 2.31. The minimum Gasteiger partial charge on any atom is -0.355 e. The molecule has 7 nitrogen and oxygen atoms in total. The second-order valence-corrected chi connectivity index (χ2v) is 8.13. The van der Waals surface area contributed by atoms with Gasteiger partial charge in [0.05, 0.1) is 16.8 Å². The molecular formula is C20H25N7S. The maximum atomic E-state index is 6.12. The van der Waals surface area contributed by atoms with Crippen molar-refractivity contribution in [1.29, 1.82) is 0 Å². The van der Waals surface area contributed by atoms with Crippen LogP contribution in [0.4, 0.5) is 11.8 Å². The number of nitrogens with zero attached hydrogens (tertiary/aromatic N) is 5. The smallest absolute Gasteiger partial charge is 0.235 e. The summed E-state index contributed by atoms with van der Waals surface area (Å²) in [6.45, 7) is 5.97. The van der Waals surface area contributed by atoms with Crippen LogP contribution >= 0.6 is 11.9 Å². The number of hydrogen-bond acceptors (Lipinski definition) is 7. The number of anilines is 2. The average molecular weight is 396 g/mol. The van der Waals surface area contributed by atoms with Crippen LogP contribution in [0.25, 0.3) is 11.3 Å². The molecule has 4 rings (SSSR count). The van der Waals surface area contributed by atoms with Crippen molar-refractivity contribution in [1.82, 2.24) is 19.7 Å². The summed E-state index contributed by atoms with van der Waals surface area (Å²) in [5.74, 6) is 1.50. The highest BCUT2D eigenvalue weighted by Gasteiger charge is 2.22. The lowest BCUT2D eigenvalue weighted by Gasteiger charge is -2.19. The summed E-state index contributed by atoms with van der Waals surface area (Å²) in [4.78, 5) is 12.8. The molecule has 3 heterocycles. The maximum Gasteiger partial charge on any atom is 0.235 e. The monoisotopic (exact) mass is 395 g/mol. The summed E-state index contributed by atoms with van der Waals surface area (Å²) in [6.07, 6.45) is 4.75.